The molecule has 0 fully saturated rings. The van der Waals surface area contributed by atoms with Crippen LogP contribution in [-0.2, 0) is 4.79 Å². The monoisotopic (exact) mass is 243 g/mol. The van der Waals surface area contributed by atoms with Gasteiger partial charge < -0.3 is 10.1 Å². The number of hydrogen-bond donors (Lipinski definition) is 1. The third kappa shape index (κ3) is 3.86. The Morgan fingerprint density at radius 3 is 2.53 bits per heavy atom. The van der Waals surface area contributed by atoms with E-state index in [-0.39, 0.29) is 13.2 Å². The van der Waals surface area contributed by atoms with Gasteiger partial charge in [0.1, 0.15) is 5.75 Å². The smallest absolute Gasteiger partial charge is 0.419 e. The fourth-order valence-corrected chi connectivity index (χ4v) is 1.22. The van der Waals surface area contributed by atoms with E-state index in [1.54, 1.807) is 19.1 Å². The van der Waals surface area contributed by atoms with Crippen LogP contribution in [0.25, 0.3) is 0 Å². The van der Waals surface area contributed by atoms with Crippen molar-refractivity contribution in [3.8, 4) is 5.75 Å². The van der Waals surface area contributed by atoms with E-state index in [2.05, 4.69) is 16.6 Å². The first-order valence-electron chi connectivity index (χ1n) is 4.98. The van der Waals surface area contributed by atoms with Gasteiger partial charge in [-0.1, -0.05) is 18.7 Å². The summed E-state index contributed by atoms with van der Waals surface area (Å²) in [5.74, 6) is 0.0388. The van der Waals surface area contributed by atoms with E-state index in [9.17, 15) is 13.6 Å². The minimum atomic E-state index is -3.38. The molecule has 3 nitrogen and oxygen atoms in total. The van der Waals surface area contributed by atoms with E-state index < -0.39 is 6.11 Å². The van der Waals surface area contributed by atoms with Gasteiger partial charge in [-0.3, -0.25) is 4.79 Å². The van der Waals surface area contributed by atoms with Crippen LogP contribution in [0.1, 0.15) is 20.0 Å². The number of nitrogens with one attached hydrogen (secondary N) is 1. The van der Waals surface area contributed by atoms with Crippen LogP contribution < -0.4 is 10.1 Å². The summed E-state index contributed by atoms with van der Waals surface area (Å²) in [5.41, 5.74) is 0.798. The van der Waals surface area contributed by atoms with Crippen molar-refractivity contribution in [3.63, 3.8) is 0 Å². The SMILES string of the molecule is C=CC(F)(F)Oc1ccc(C(C)NC=O)cc1.[HH]. The Bertz CT molecular complexity index is 396. The Kier molecular flexibility index (Phi) is 4.20. The second kappa shape index (κ2) is 5.43. The summed E-state index contributed by atoms with van der Waals surface area (Å²) in [6, 6.07) is 5.86. The molecule has 1 unspecified atom stereocenters. The lowest BCUT2D eigenvalue weighted by Gasteiger charge is -2.15. The van der Waals surface area contributed by atoms with Crippen molar-refractivity contribution >= 4 is 6.41 Å². The average Bonchev–Trinajstić information content (AvgIpc) is 2.30. The summed E-state index contributed by atoms with van der Waals surface area (Å²) < 4.78 is 30.0. The summed E-state index contributed by atoms with van der Waals surface area (Å²) in [6.07, 6.45) is -2.37. The topological polar surface area (TPSA) is 38.3 Å². The number of benzene rings is 1. The molecule has 1 rings (SSSR count). The van der Waals surface area contributed by atoms with Gasteiger partial charge in [0.05, 0.1) is 6.04 Å². The zero-order chi connectivity index (χ0) is 12.9. The van der Waals surface area contributed by atoms with Crippen LogP contribution in [0.3, 0.4) is 0 Å². The van der Waals surface area contributed by atoms with E-state index in [1.807, 2.05) is 0 Å². The molecule has 1 aromatic carbocycles. The molecule has 0 aliphatic rings. The van der Waals surface area contributed by atoms with Crippen molar-refractivity contribution in [2.24, 2.45) is 0 Å². The molecule has 0 heterocycles. The Labute approximate surface area is 99.6 Å². The van der Waals surface area contributed by atoms with Crippen molar-refractivity contribution in [2.45, 2.75) is 19.1 Å². The van der Waals surface area contributed by atoms with E-state index in [4.69, 9.17) is 0 Å². The molecule has 0 aliphatic carbocycles. The molecule has 0 radical (unpaired) electrons. The number of hydrogen-bond acceptors (Lipinski definition) is 2. The summed E-state index contributed by atoms with van der Waals surface area (Å²) in [7, 11) is 0. The van der Waals surface area contributed by atoms with Crippen LogP contribution in [0, 0.1) is 0 Å². The molecular formula is C12H15F2NO2. The molecule has 0 bridgehead atoms. The van der Waals surface area contributed by atoms with Crippen molar-refractivity contribution in [3.05, 3.63) is 42.5 Å². The first-order valence-corrected chi connectivity index (χ1v) is 4.98. The molecule has 1 N–H and O–H groups in total. The van der Waals surface area contributed by atoms with Gasteiger partial charge in [0, 0.05) is 7.50 Å². The van der Waals surface area contributed by atoms with Gasteiger partial charge in [0.2, 0.25) is 6.41 Å². The molecule has 0 spiro atoms. The summed E-state index contributed by atoms with van der Waals surface area (Å²) >= 11 is 0. The number of carbonyl (C=O) groups excluding carboxylic acids is 1. The average molecular weight is 243 g/mol. The second-order valence-corrected chi connectivity index (χ2v) is 3.44. The van der Waals surface area contributed by atoms with Crippen LogP contribution in [0.4, 0.5) is 8.78 Å². The Hall–Kier alpha value is -1.91. The van der Waals surface area contributed by atoms with Gasteiger partial charge >= 0.3 is 6.11 Å². The molecule has 0 saturated heterocycles. The third-order valence-corrected chi connectivity index (χ3v) is 2.19. The van der Waals surface area contributed by atoms with E-state index in [1.165, 1.54) is 12.1 Å². The predicted molar refractivity (Wildman–Crippen MR) is 61.9 cm³/mol. The van der Waals surface area contributed by atoms with Gasteiger partial charge in [-0.15, -0.1) is 0 Å². The van der Waals surface area contributed by atoms with Crippen LogP contribution in [0.2, 0.25) is 0 Å². The number of rotatable bonds is 6. The lowest BCUT2D eigenvalue weighted by molar-refractivity contribution is -0.131. The molecule has 0 aliphatic heterocycles. The third-order valence-electron chi connectivity index (χ3n) is 2.19. The quantitative estimate of drug-likeness (QED) is 0.616. The minimum absolute atomic E-state index is 0. The van der Waals surface area contributed by atoms with Crippen LogP contribution >= 0.6 is 0 Å². The van der Waals surface area contributed by atoms with Gasteiger partial charge in [0.25, 0.3) is 0 Å². The number of amides is 1. The van der Waals surface area contributed by atoms with Gasteiger partial charge in [-0.25, -0.2) is 0 Å². The highest BCUT2D eigenvalue weighted by atomic mass is 19.3. The largest absolute Gasteiger partial charge is 0.429 e. The highest BCUT2D eigenvalue weighted by molar-refractivity contribution is 5.47. The van der Waals surface area contributed by atoms with Gasteiger partial charge in [-0.2, -0.15) is 8.78 Å². The zero-order valence-electron chi connectivity index (χ0n) is 9.32. The van der Waals surface area contributed by atoms with E-state index >= 15 is 0 Å². The lowest BCUT2D eigenvalue weighted by atomic mass is 10.1. The van der Waals surface area contributed by atoms with Crippen LogP contribution in [-0.4, -0.2) is 12.5 Å². The lowest BCUT2D eigenvalue weighted by Crippen LogP contribution is -2.21. The Morgan fingerprint density at radius 2 is 2.06 bits per heavy atom. The number of carbonyl (C=O) groups is 1. The second-order valence-electron chi connectivity index (χ2n) is 3.44. The molecule has 0 aromatic heterocycles. The number of halogens is 2. The molecule has 0 saturated carbocycles. The summed E-state index contributed by atoms with van der Waals surface area (Å²) in [5, 5.41) is 2.55. The normalized spacial score (nSPS) is 12.6. The molecule has 5 heteroatoms. The minimum Gasteiger partial charge on any atom is -0.429 e. The maximum absolute atomic E-state index is 12.8. The summed E-state index contributed by atoms with van der Waals surface area (Å²) in [6.45, 7) is 4.76. The van der Waals surface area contributed by atoms with Gasteiger partial charge in [0.15, 0.2) is 0 Å². The molecule has 1 atom stereocenters. The Morgan fingerprint density at radius 1 is 1.47 bits per heavy atom. The van der Waals surface area contributed by atoms with Gasteiger partial charge in [-0.05, 0) is 24.6 Å². The van der Waals surface area contributed by atoms with Crippen molar-refractivity contribution in [1.82, 2.24) is 5.32 Å². The molecule has 17 heavy (non-hydrogen) atoms. The molecule has 1 aromatic rings. The van der Waals surface area contributed by atoms with Crippen LogP contribution in [0.5, 0.6) is 5.75 Å². The number of alkyl halides is 2. The zero-order valence-corrected chi connectivity index (χ0v) is 9.32. The molecule has 94 valence electrons. The maximum atomic E-state index is 12.8. The Balaban J connectivity index is 0.00000289. The fourth-order valence-electron chi connectivity index (χ4n) is 1.22. The molecular weight excluding hydrogens is 228 g/mol. The predicted octanol–water partition coefficient (Wildman–Crippen LogP) is 2.90. The number of ether oxygens (including phenoxy) is 1. The highest BCUT2D eigenvalue weighted by Crippen LogP contribution is 2.23. The van der Waals surface area contributed by atoms with Crippen molar-refractivity contribution in [2.75, 3.05) is 0 Å². The fraction of sp³-hybridized carbons (Fsp3) is 0.250. The molecule has 1 amide bonds. The van der Waals surface area contributed by atoms with E-state index in [0.717, 1.165) is 5.56 Å². The van der Waals surface area contributed by atoms with Crippen molar-refractivity contribution < 1.29 is 19.7 Å². The summed E-state index contributed by atoms with van der Waals surface area (Å²) in [4.78, 5) is 10.2. The van der Waals surface area contributed by atoms with E-state index in [0.29, 0.717) is 12.5 Å². The first-order chi connectivity index (χ1) is 7.98. The standard InChI is InChI=1S/C12H13F2NO2.H2/c1-3-12(13,14)17-11-6-4-10(5-7-11)9(2)15-8-16;/h3-9H,1H2,2H3,(H,15,16);1H. The highest BCUT2D eigenvalue weighted by Gasteiger charge is 2.26. The van der Waals surface area contributed by atoms with Crippen LogP contribution in [0.15, 0.2) is 36.9 Å². The first kappa shape index (κ1) is 13.2. The van der Waals surface area contributed by atoms with Crippen molar-refractivity contribution in [1.29, 1.82) is 0 Å². The maximum Gasteiger partial charge on any atom is 0.419 e.